The van der Waals surface area contributed by atoms with Gasteiger partial charge < -0.3 is 10.8 Å². The number of benzene rings is 1. The van der Waals surface area contributed by atoms with Crippen molar-refractivity contribution < 1.29 is 27.1 Å². The fraction of sp³-hybridized carbons (Fsp3) is 0.333. The van der Waals surface area contributed by atoms with Crippen molar-refractivity contribution in [3.63, 3.8) is 0 Å². The Morgan fingerprint density at radius 3 is 2.24 bits per heavy atom. The molecule has 0 amide bonds. The highest BCUT2D eigenvalue weighted by Crippen LogP contribution is 2.33. The van der Waals surface area contributed by atoms with Gasteiger partial charge in [-0.3, -0.25) is 0 Å². The highest BCUT2D eigenvalue weighted by molar-refractivity contribution is 9.10. The van der Waals surface area contributed by atoms with E-state index in [1.807, 2.05) is 0 Å². The van der Waals surface area contributed by atoms with Crippen molar-refractivity contribution in [2.75, 3.05) is 0 Å². The molecule has 0 saturated carbocycles. The molecule has 0 spiro atoms. The molecule has 0 aliphatic heterocycles. The zero-order valence-electron chi connectivity index (χ0n) is 8.10. The largest absolute Gasteiger partial charge is 0.416 e. The topological polar surface area (TPSA) is 46.2 Å². The van der Waals surface area contributed by atoms with Gasteiger partial charge in [0.2, 0.25) is 0 Å². The summed E-state index contributed by atoms with van der Waals surface area (Å²) in [5.41, 5.74) is 4.01. The maximum absolute atomic E-state index is 13.4. The molecule has 96 valence electrons. The maximum Gasteiger partial charge on any atom is 0.416 e. The minimum Gasteiger partial charge on any atom is -0.382 e. The number of alkyl halides is 3. The Morgan fingerprint density at radius 1 is 1.24 bits per heavy atom. The minimum atomic E-state index is -5.05. The number of aliphatic hydroxyl groups excluding tert-OH is 1. The van der Waals surface area contributed by atoms with Gasteiger partial charge in [0, 0.05) is 5.56 Å². The quantitative estimate of drug-likeness (QED) is 0.650. The predicted molar refractivity (Wildman–Crippen MR) is 53.0 cm³/mol. The second kappa shape index (κ2) is 4.87. The predicted octanol–water partition coefficient (Wildman–Crippen LogP) is 2.65. The molecule has 0 heterocycles. The average molecular weight is 320 g/mol. The van der Waals surface area contributed by atoms with Gasteiger partial charge in [0.05, 0.1) is 10.5 Å². The number of hydrogen-bond donors (Lipinski definition) is 2. The second-order valence-corrected chi connectivity index (χ2v) is 4.12. The fourth-order valence-electron chi connectivity index (χ4n) is 1.21. The Kier molecular flexibility index (Phi) is 4.11. The summed E-state index contributed by atoms with van der Waals surface area (Å²) in [5.74, 6) is -2.51. The van der Waals surface area contributed by atoms with E-state index in [-0.39, 0.29) is 4.47 Å². The Morgan fingerprint density at radius 2 is 1.76 bits per heavy atom. The van der Waals surface area contributed by atoms with Crippen LogP contribution in [-0.4, -0.2) is 17.4 Å². The lowest BCUT2D eigenvalue weighted by Gasteiger charge is -2.22. The van der Waals surface area contributed by atoms with Crippen molar-refractivity contribution >= 4 is 15.9 Å². The second-order valence-electron chi connectivity index (χ2n) is 3.27. The summed E-state index contributed by atoms with van der Waals surface area (Å²) in [4.78, 5) is 0. The lowest BCUT2D eigenvalue weighted by molar-refractivity contribution is -0.210. The summed E-state index contributed by atoms with van der Waals surface area (Å²) in [7, 11) is 0. The van der Waals surface area contributed by atoms with Crippen LogP contribution in [0, 0.1) is 11.6 Å². The summed E-state index contributed by atoms with van der Waals surface area (Å²) in [6.45, 7) is 0. The summed E-state index contributed by atoms with van der Waals surface area (Å²) in [6, 6.07) is -0.487. The molecule has 0 aliphatic rings. The number of nitrogens with two attached hydrogens (primary N) is 1. The van der Waals surface area contributed by atoms with Crippen LogP contribution in [0.2, 0.25) is 0 Å². The van der Waals surface area contributed by atoms with Crippen molar-refractivity contribution in [2.24, 2.45) is 5.73 Å². The minimum absolute atomic E-state index is 0.237. The first kappa shape index (κ1) is 14.3. The fourth-order valence-corrected chi connectivity index (χ4v) is 1.56. The Hall–Kier alpha value is -0.730. The molecule has 8 heteroatoms. The number of hydrogen-bond acceptors (Lipinski definition) is 2. The monoisotopic (exact) mass is 319 g/mol. The van der Waals surface area contributed by atoms with Crippen LogP contribution in [-0.2, 0) is 0 Å². The SMILES string of the molecule is N[C@H](c1c(F)ccc(Br)c1F)[C@@H](O)C(F)(F)F. The van der Waals surface area contributed by atoms with Gasteiger partial charge in [-0.1, -0.05) is 0 Å². The molecular formula is C9H7BrF5NO. The molecule has 0 radical (unpaired) electrons. The van der Waals surface area contributed by atoms with Crippen LogP contribution in [0.3, 0.4) is 0 Å². The van der Waals surface area contributed by atoms with Crippen molar-refractivity contribution in [1.82, 2.24) is 0 Å². The van der Waals surface area contributed by atoms with Gasteiger partial charge in [-0.15, -0.1) is 0 Å². The van der Waals surface area contributed by atoms with E-state index in [0.29, 0.717) is 0 Å². The van der Waals surface area contributed by atoms with E-state index in [1.165, 1.54) is 0 Å². The third-order valence-corrected chi connectivity index (χ3v) is 2.70. The lowest BCUT2D eigenvalue weighted by Crippen LogP contribution is -2.39. The van der Waals surface area contributed by atoms with E-state index >= 15 is 0 Å². The first-order valence-electron chi connectivity index (χ1n) is 4.30. The molecule has 0 unspecified atom stereocenters. The van der Waals surface area contributed by atoms with Crippen LogP contribution >= 0.6 is 15.9 Å². The number of aliphatic hydroxyl groups is 1. The Labute approximate surface area is 101 Å². The van der Waals surface area contributed by atoms with Crippen LogP contribution in [0.1, 0.15) is 11.6 Å². The molecule has 0 aliphatic carbocycles. The van der Waals surface area contributed by atoms with Gasteiger partial charge in [-0.2, -0.15) is 13.2 Å². The molecule has 0 bridgehead atoms. The number of halogens is 6. The van der Waals surface area contributed by atoms with Crippen LogP contribution in [0.4, 0.5) is 22.0 Å². The van der Waals surface area contributed by atoms with Gasteiger partial charge in [0.1, 0.15) is 11.6 Å². The standard InChI is InChI=1S/C9H7BrF5NO/c10-3-1-2-4(11)5(6(3)12)7(16)8(17)9(13,14)15/h1-2,7-8,17H,16H2/t7-,8-/m1/s1. The molecule has 17 heavy (non-hydrogen) atoms. The smallest absolute Gasteiger partial charge is 0.382 e. The molecular weight excluding hydrogens is 313 g/mol. The normalized spacial score (nSPS) is 15.8. The highest BCUT2D eigenvalue weighted by Gasteiger charge is 2.44. The van der Waals surface area contributed by atoms with Crippen molar-refractivity contribution in [2.45, 2.75) is 18.3 Å². The molecule has 1 aromatic carbocycles. The Bertz CT molecular complexity index is 423. The third kappa shape index (κ3) is 2.93. The van der Waals surface area contributed by atoms with E-state index in [9.17, 15) is 22.0 Å². The van der Waals surface area contributed by atoms with E-state index in [2.05, 4.69) is 15.9 Å². The molecule has 0 fully saturated rings. The van der Waals surface area contributed by atoms with Gasteiger partial charge >= 0.3 is 6.18 Å². The average Bonchev–Trinajstić information content (AvgIpc) is 2.21. The van der Waals surface area contributed by atoms with Crippen molar-refractivity contribution in [3.8, 4) is 0 Å². The molecule has 0 saturated heterocycles. The first-order valence-corrected chi connectivity index (χ1v) is 5.09. The van der Waals surface area contributed by atoms with Crippen LogP contribution < -0.4 is 5.73 Å². The highest BCUT2D eigenvalue weighted by atomic mass is 79.9. The Balaban J connectivity index is 3.21. The van der Waals surface area contributed by atoms with Gasteiger partial charge in [-0.05, 0) is 28.1 Å². The van der Waals surface area contributed by atoms with Crippen LogP contribution in [0.15, 0.2) is 16.6 Å². The van der Waals surface area contributed by atoms with Gasteiger partial charge in [0.25, 0.3) is 0 Å². The summed E-state index contributed by atoms with van der Waals surface area (Å²) in [6.07, 6.45) is -8.10. The van der Waals surface area contributed by atoms with Crippen molar-refractivity contribution in [3.05, 3.63) is 33.8 Å². The number of rotatable bonds is 2. The van der Waals surface area contributed by atoms with Gasteiger partial charge in [-0.25, -0.2) is 8.78 Å². The summed E-state index contributed by atoms with van der Waals surface area (Å²) in [5, 5.41) is 8.85. The summed E-state index contributed by atoms with van der Waals surface area (Å²) >= 11 is 2.69. The molecule has 1 rings (SSSR count). The summed E-state index contributed by atoms with van der Waals surface area (Å²) < 4.78 is 62.9. The van der Waals surface area contributed by atoms with E-state index in [4.69, 9.17) is 10.8 Å². The van der Waals surface area contributed by atoms with Crippen LogP contribution in [0.25, 0.3) is 0 Å². The molecule has 3 N–H and O–H groups in total. The zero-order valence-corrected chi connectivity index (χ0v) is 9.69. The zero-order chi connectivity index (χ0) is 13.4. The van der Waals surface area contributed by atoms with Crippen LogP contribution in [0.5, 0.6) is 0 Å². The maximum atomic E-state index is 13.4. The lowest BCUT2D eigenvalue weighted by atomic mass is 10.0. The van der Waals surface area contributed by atoms with E-state index in [0.717, 1.165) is 12.1 Å². The van der Waals surface area contributed by atoms with Crippen molar-refractivity contribution in [1.29, 1.82) is 0 Å². The third-order valence-electron chi connectivity index (χ3n) is 2.09. The first-order chi connectivity index (χ1) is 7.66. The van der Waals surface area contributed by atoms with Gasteiger partial charge in [0.15, 0.2) is 6.10 Å². The van der Waals surface area contributed by atoms with E-state index < -0.39 is 35.5 Å². The molecule has 0 aromatic heterocycles. The molecule has 2 nitrogen and oxygen atoms in total. The van der Waals surface area contributed by atoms with E-state index in [1.54, 1.807) is 0 Å². The molecule has 2 atom stereocenters. The molecule has 1 aromatic rings.